The van der Waals surface area contributed by atoms with E-state index >= 15 is 0 Å². The SMILES string of the molecule is CC(C)CC(NC(=O)C(CCCCN)NC(=O)C(N)CCCN=C(N)N)C(=O)NC(CCCCN)C(=O)O. The van der Waals surface area contributed by atoms with Crippen molar-refractivity contribution in [2.45, 2.75) is 95.8 Å². The zero-order valence-electron chi connectivity index (χ0n) is 22.8. The van der Waals surface area contributed by atoms with Gasteiger partial charge in [0.15, 0.2) is 5.96 Å². The van der Waals surface area contributed by atoms with Gasteiger partial charge in [0.25, 0.3) is 0 Å². The molecule has 0 aliphatic heterocycles. The van der Waals surface area contributed by atoms with Gasteiger partial charge in [-0.25, -0.2) is 4.79 Å². The first-order valence-corrected chi connectivity index (χ1v) is 13.3. The summed E-state index contributed by atoms with van der Waals surface area (Å²) < 4.78 is 0. The van der Waals surface area contributed by atoms with Gasteiger partial charge in [0.1, 0.15) is 18.1 Å². The van der Waals surface area contributed by atoms with E-state index in [9.17, 15) is 24.3 Å². The van der Waals surface area contributed by atoms with E-state index in [1.54, 1.807) is 0 Å². The topological polar surface area (TPSA) is 267 Å². The highest BCUT2D eigenvalue weighted by Gasteiger charge is 2.30. The number of rotatable bonds is 21. The van der Waals surface area contributed by atoms with E-state index in [1.807, 2.05) is 13.8 Å². The number of hydrogen-bond acceptors (Lipinski definition) is 8. The van der Waals surface area contributed by atoms with Gasteiger partial charge in [-0.1, -0.05) is 13.8 Å². The number of nitrogens with one attached hydrogen (secondary N) is 3. The molecule has 0 aliphatic carbocycles. The largest absolute Gasteiger partial charge is 0.480 e. The predicted octanol–water partition coefficient (Wildman–Crippen LogP) is -1.79. The lowest BCUT2D eigenvalue weighted by Crippen LogP contribution is -2.57. The van der Waals surface area contributed by atoms with Crippen molar-refractivity contribution >= 4 is 29.7 Å². The maximum absolute atomic E-state index is 13.2. The Morgan fingerprint density at radius 1 is 0.737 bits per heavy atom. The Hall–Kier alpha value is -2.97. The minimum atomic E-state index is -1.16. The molecule has 0 saturated heterocycles. The van der Waals surface area contributed by atoms with E-state index in [4.69, 9.17) is 28.7 Å². The number of nitrogens with zero attached hydrogens (tertiary/aromatic N) is 1. The first-order chi connectivity index (χ1) is 17.9. The standard InChI is InChI=1S/C24H49N9O5/c1-15(2)14-19(22(36)32-18(23(37)38)10-4-6-12-26)33-21(35)17(9-3-5-11-25)31-20(34)16(27)8-7-13-30-24(28)29/h15-19H,3-14,25-27H2,1-2H3,(H,31,34)(H,32,36)(H,33,35)(H,37,38)(H4,28,29,30). The van der Waals surface area contributed by atoms with E-state index in [0.29, 0.717) is 64.6 Å². The minimum absolute atomic E-state index is 0.0236. The lowest BCUT2D eigenvalue weighted by molar-refractivity contribution is -0.142. The molecule has 0 aromatic carbocycles. The lowest BCUT2D eigenvalue weighted by atomic mass is 10.0. The zero-order chi connectivity index (χ0) is 29.1. The van der Waals surface area contributed by atoms with E-state index in [0.717, 1.165) is 0 Å². The number of guanidine groups is 1. The fourth-order valence-corrected chi connectivity index (χ4v) is 3.69. The molecule has 0 fully saturated rings. The summed E-state index contributed by atoms with van der Waals surface area (Å²) >= 11 is 0. The first kappa shape index (κ1) is 35.0. The Morgan fingerprint density at radius 2 is 1.24 bits per heavy atom. The third kappa shape index (κ3) is 16.0. The predicted molar refractivity (Wildman–Crippen MR) is 147 cm³/mol. The second-order valence-corrected chi connectivity index (χ2v) is 9.78. The van der Waals surface area contributed by atoms with Crippen LogP contribution in [0.3, 0.4) is 0 Å². The third-order valence-corrected chi connectivity index (χ3v) is 5.79. The summed E-state index contributed by atoms with van der Waals surface area (Å²) in [5, 5.41) is 17.4. The van der Waals surface area contributed by atoms with Crippen molar-refractivity contribution in [2.75, 3.05) is 19.6 Å². The van der Waals surface area contributed by atoms with Crippen molar-refractivity contribution in [2.24, 2.45) is 39.6 Å². The molecular weight excluding hydrogens is 494 g/mol. The van der Waals surface area contributed by atoms with Crippen LogP contribution in [0.1, 0.15) is 71.6 Å². The van der Waals surface area contributed by atoms with Gasteiger partial charge in [0, 0.05) is 6.54 Å². The van der Waals surface area contributed by atoms with Crippen LogP contribution in [0.4, 0.5) is 0 Å². The van der Waals surface area contributed by atoms with Gasteiger partial charge in [-0.15, -0.1) is 0 Å². The maximum Gasteiger partial charge on any atom is 0.326 e. The molecule has 14 nitrogen and oxygen atoms in total. The summed E-state index contributed by atoms with van der Waals surface area (Å²) in [6, 6.07) is -3.91. The number of carboxylic acid groups (broad SMARTS) is 1. The van der Waals surface area contributed by atoms with Crippen LogP contribution in [-0.2, 0) is 19.2 Å². The molecule has 3 amide bonds. The first-order valence-electron chi connectivity index (χ1n) is 13.3. The molecule has 0 spiro atoms. The Labute approximate surface area is 225 Å². The van der Waals surface area contributed by atoms with Gasteiger partial charge >= 0.3 is 5.97 Å². The third-order valence-electron chi connectivity index (χ3n) is 5.79. The molecule has 4 unspecified atom stereocenters. The number of hydrogen-bond donors (Lipinski definition) is 9. The summed E-state index contributed by atoms with van der Waals surface area (Å²) in [6.07, 6.45) is 3.95. The second-order valence-electron chi connectivity index (χ2n) is 9.78. The van der Waals surface area contributed by atoms with Crippen molar-refractivity contribution in [1.82, 2.24) is 16.0 Å². The number of aliphatic carboxylic acids is 1. The van der Waals surface area contributed by atoms with E-state index in [-0.39, 0.29) is 24.7 Å². The lowest BCUT2D eigenvalue weighted by Gasteiger charge is -2.26. The molecule has 14 heteroatoms. The Balaban J connectivity index is 5.41. The van der Waals surface area contributed by atoms with Crippen LogP contribution in [0.2, 0.25) is 0 Å². The molecular formula is C24H49N9O5. The molecule has 0 aromatic rings. The molecule has 4 atom stereocenters. The van der Waals surface area contributed by atoms with Gasteiger partial charge in [-0.05, 0) is 76.8 Å². The molecule has 220 valence electrons. The van der Waals surface area contributed by atoms with Gasteiger partial charge in [-0.2, -0.15) is 0 Å². The summed E-state index contributed by atoms with van der Waals surface area (Å²) in [4.78, 5) is 54.4. The molecule has 0 aliphatic rings. The van der Waals surface area contributed by atoms with Crippen LogP contribution in [0, 0.1) is 5.92 Å². The molecule has 14 N–H and O–H groups in total. The average Bonchev–Trinajstić information content (AvgIpc) is 2.84. The number of nitrogens with two attached hydrogens (primary N) is 5. The molecule has 0 rings (SSSR count). The van der Waals surface area contributed by atoms with Gasteiger partial charge in [0.05, 0.1) is 6.04 Å². The monoisotopic (exact) mass is 543 g/mol. The zero-order valence-corrected chi connectivity index (χ0v) is 22.8. The number of carbonyl (C=O) groups is 4. The van der Waals surface area contributed by atoms with Crippen LogP contribution in [0.5, 0.6) is 0 Å². The summed E-state index contributed by atoms with van der Waals surface area (Å²) in [6.45, 7) is 4.92. The van der Waals surface area contributed by atoms with Crippen molar-refractivity contribution in [3.05, 3.63) is 0 Å². The second kappa shape index (κ2) is 20.1. The van der Waals surface area contributed by atoms with E-state index in [1.165, 1.54) is 0 Å². The van der Waals surface area contributed by atoms with Crippen LogP contribution < -0.4 is 44.6 Å². The fraction of sp³-hybridized carbons (Fsp3) is 0.792. The van der Waals surface area contributed by atoms with Crippen LogP contribution in [0.25, 0.3) is 0 Å². The van der Waals surface area contributed by atoms with Crippen LogP contribution >= 0.6 is 0 Å². The molecule has 0 radical (unpaired) electrons. The number of aliphatic imine (C=N–C) groups is 1. The van der Waals surface area contributed by atoms with Crippen LogP contribution in [-0.4, -0.2) is 78.6 Å². The van der Waals surface area contributed by atoms with Crippen molar-refractivity contribution in [3.63, 3.8) is 0 Å². The quantitative estimate of drug-likeness (QED) is 0.0445. The average molecular weight is 544 g/mol. The number of carbonyl (C=O) groups excluding carboxylic acids is 3. The smallest absolute Gasteiger partial charge is 0.326 e. The maximum atomic E-state index is 13.2. The number of carboxylic acids is 1. The van der Waals surface area contributed by atoms with Crippen LogP contribution in [0.15, 0.2) is 4.99 Å². The highest BCUT2D eigenvalue weighted by Crippen LogP contribution is 2.10. The Bertz CT molecular complexity index is 760. The minimum Gasteiger partial charge on any atom is -0.480 e. The highest BCUT2D eigenvalue weighted by atomic mass is 16.4. The van der Waals surface area contributed by atoms with Gasteiger partial charge < -0.3 is 49.7 Å². The fourth-order valence-electron chi connectivity index (χ4n) is 3.69. The van der Waals surface area contributed by atoms with Crippen molar-refractivity contribution < 1.29 is 24.3 Å². The van der Waals surface area contributed by atoms with E-state index in [2.05, 4.69) is 20.9 Å². The summed E-state index contributed by atoms with van der Waals surface area (Å²) in [5.41, 5.74) is 27.6. The molecule has 0 heterocycles. The van der Waals surface area contributed by atoms with E-state index < -0.39 is 47.9 Å². The normalized spacial score (nSPS) is 14.2. The number of unbranched alkanes of at least 4 members (excludes halogenated alkanes) is 2. The Kier molecular flexibility index (Phi) is 18.5. The molecule has 0 aromatic heterocycles. The number of amides is 3. The Morgan fingerprint density at radius 3 is 1.74 bits per heavy atom. The molecule has 0 bridgehead atoms. The highest BCUT2D eigenvalue weighted by molar-refractivity contribution is 5.94. The summed E-state index contributed by atoms with van der Waals surface area (Å²) in [7, 11) is 0. The van der Waals surface area contributed by atoms with Gasteiger partial charge in [0.2, 0.25) is 17.7 Å². The van der Waals surface area contributed by atoms with Crippen molar-refractivity contribution in [3.8, 4) is 0 Å². The molecule has 0 saturated carbocycles. The summed E-state index contributed by atoms with van der Waals surface area (Å²) in [5.74, 6) is -2.86. The molecule has 38 heavy (non-hydrogen) atoms. The van der Waals surface area contributed by atoms with Crippen molar-refractivity contribution in [1.29, 1.82) is 0 Å². The van der Waals surface area contributed by atoms with Gasteiger partial charge in [-0.3, -0.25) is 19.4 Å².